The SMILES string of the molecule is COc1ccc(-n2c(SCc3csc(C(C)C)n3)nc3ccccc3c2=O)cc1OC. The Morgan fingerprint density at radius 2 is 1.84 bits per heavy atom. The lowest BCUT2D eigenvalue weighted by molar-refractivity contribution is 0.354. The standard InChI is InChI=1S/C23H23N3O3S2/c1-14(2)21-24-15(12-30-21)13-31-23-25-18-8-6-5-7-17(18)22(27)26(23)16-9-10-19(28-3)20(11-16)29-4/h5-12,14H,13H2,1-4H3. The molecule has 2 heterocycles. The Morgan fingerprint density at radius 1 is 1.06 bits per heavy atom. The summed E-state index contributed by atoms with van der Waals surface area (Å²) < 4.78 is 12.4. The van der Waals surface area contributed by atoms with Crippen LogP contribution in [0.2, 0.25) is 0 Å². The van der Waals surface area contributed by atoms with Crippen LogP contribution in [-0.4, -0.2) is 28.8 Å². The molecule has 0 atom stereocenters. The minimum Gasteiger partial charge on any atom is -0.493 e. The molecule has 0 aliphatic rings. The average molecular weight is 454 g/mol. The van der Waals surface area contributed by atoms with Gasteiger partial charge in [0.1, 0.15) is 0 Å². The first-order chi connectivity index (χ1) is 15.0. The lowest BCUT2D eigenvalue weighted by Gasteiger charge is -2.15. The molecule has 0 N–H and O–H groups in total. The summed E-state index contributed by atoms with van der Waals surface area (Å²) in [6.45, 7) is 4.27. The van der Waals surface area contributed by atoms with Gasteiger partial charge in [0.25, 0.3) is 5.56 Å². The number of ether oxygens (including phenoxy) is 2. The molecule has 0 aliphatic carbocycles. The van der Waals surface area contributed by atoms with E-state index in [1.165, 1.54) is 11.8 Å². The summed E-state index contributed by atoms with van der Waals surface area (Å²) in [5, 5.41) is 4.36. The van der Waals surface area contributed by atoms with Crippen molar-refractivity contribution in [3.8, 4) is 17.2 Å². The van der Waals surface area contributed by atoms with Gasteiger partial charge in [0.15, 0.2) is 16.7 Å². The number of rotatable bonds is 7. The average Bonchev–Trinajstić information content (AvgIpc) is 3.27. The Kier molecular flexibility index (Phi) is 6.29. The van der Waals surface area contributed by atoms with Crippen molar-refractivity contribution in [3.05, 3.63) is 68.9 Å². The van der Waals surface area contributed by atoms with Crippen LogP contribution in [0.1, 0.15) is 30.5 Å². The van der Waals surface area contributed by atoms with E-state index in [-0.39, 0.29) is 5.56 Å². The summed E-state index contributed by atoms with van der Waals surface area (Å²) in [5.41, 5.74) is 2.21. The van der Waals surface area contributed by atoms with Gasteiger partial charge in [-0.2, -0.15) is 0 Å². The highest BCUT2D eigenvalue weighted by molar-refractivity contribution is 7.98. The number of fused-ring (bicyclic) bond motifs is 1. The molecule has 0 radical (unpaired) electrons. The van der Waals surface area contributed by atoms with Crippen LogP contribution in [0.5, 0.6) is 11.5 Å². The summed E-state index contributed by atoms with van der Waals surface area (Å²) in [6.07, 6.45) is 0. The van der Waals surface area contributed by atoms with Crippen molar-refractivity contribution < 1.29 is 9.47 Å². The Bertz CT molecular complexity index is 1280. The molecule has 0 bridgehead atoms. The third kappa shape index (κ3) is 4.31. The van der Waals surface area contributed by atoms with Crippen molar-refractivity contribution in [3.63, 3.8) is 0 Å². The zero-order valence-electron chi connectivity index (χ0n) is 17.8. The van der Waals surface area contributed by atoms with Crippen LogP contribution in [-0.2, 0) is 5.75 Å². The van der Waals surface area contributed by atoms with Gasteiger partial charge < -0.3 is 9.47 Å². The Balaban J connectivity index is 1.81. The Hall–Kier alpha value is -2.84. The van der Waals surface area contributed by atoms with Crippen LogP contribution in [0.15, 0.2) is 57.8 Å². The number of benzene rings is 2. The van der Waals surface area contributed by atoms with E-state index >= 15 is 0 Å². The monoisotopic (exact) mass is 453 g/mol. The molecular formula is C23H23N3O3S2. The molecule has 0 unspecified atom stereocenters. The highest BCUT2D eigenvalue weighted by Crippen LogP contribution is 2.31. The van der Waals surface area contributed by atoms with E-state index in [1.54, 1.807) is 48.3 Å². The van der Waals surface area contributed by atoms with Crippen LogP contribution >= 0.6 is 23.1 Å². The molecule has 0 fully saturated rings. The second-order valence-electron chi connectivity index (χ2n) is 7.21. The molecular weight excluding hydrogens is 430 g/mol. The Morgan fingerprint density at radius 3 is 2.55 bits per heavy atom. The molecule has 2 aromatic carbocycles. The second-order valence-corrected chi connectivity index (χ2v) is 9.04. The predicted molar refractivity (Wildman–Crippen MR) is 126 cm³/mol. The fourth-order valence-electron chi connectivity index (χ4n) is 3.19. The third-order valence-corrected chi connectivity index (χ3v) is 6.95. The van der Waals surface area contributed by atoms with Crippen LogP contribution in [0.25, 0.3) is 16.6 Å². The van der Waals surface area contributed by atoms with Crippen LogP contribution < -0.4 is 15.0 Å². The lowest BCUT2D eigenvalue weighted by Crippen LogP contribution is -2.21. The first kappa shape index (κ1) is 21.4. The quantitative estimate of drug-likeness (QED) is 0.280. The molecule has 0 saturated carbocycles. The number of aromatic nitrogens is 3. The lowest BCUT2D eigenvalue weighted by atomic mass is 10.2. The zero-order valence-corrected chi connectivity index (χ0v) is 19.4. The number of para-hydroxylation sites is 1. The minimum absolute atomic E-state index is 0.124. The summed E-state index contributed by atoms with van der Waals surface area (Å²) in [6, 6.07) is 12.8. The van der Waals surface area contributed by atoms with Gasteiger partial charge in [0, 0.05) is 23.1 Å². The van der Waals surface area contributed by atoms with Gasteiger partial charge in [-0.05, 0) is 24.3 Å². The highest BCUT2D eigenvalue weighted by Gasteiger charge is 2.16. The topological polar surface area (TPSA) is 66.2 Å². The van der Waals surface area contributed by atoms with Crippen molar-refractivity contribution in [1.29, 1.82) is 0 Å². The van der Waals surface area contributed by atoms with Gasteiger partial charge in [-0.25, -0.2) is 9.97 Å². The molecule has 0 spiro atoms. The molecule has 4 rings (SSSR count). The summed E-state index contributed by atoms with van der Waals surface area (Å²) in [5.74, 6) is 2.18. The maximum absolute atomic E-state index is 13.4. The largest absolute Gasteiger partial charge is 0.493 e. The van der Waals surface area contributed by atoms with Crippen molar-refractivity contribution >= 4 is 34.0 Å². The number of nitrogens with zero attached hydrogens (tertiary/aromatic N) is 3. The zero-order chi connectivity index (χ0) is 22.0. The van der Waals surface area contributed by atoms with Gasteiger partial charge in [-0.15, -0.1) is 11.3 Å². The molecule has 160 valence electrons. The normalized spacial score (nSPS) is 11.3. The molecule has 31 heavy (non-hydrogen) atoms. The molecule has 0 saturated heterocycles. The summed E-state index contributed by atoms with van der Waals surface area (Å²) in [7, 11) is 3.16. The maximum atomic E-state index is 13.4. The number of thiazole rings is 1. The maximum Gasteiger partial charge on any atom is 0.266 e. The van der Waals surface area contributed by atoms with E-state index in [9.17, 15) is 4.79 Å². The third-order valence-electron chi connectivity index (χ3n) is 4.78. The molecule has 0 aliphatic heterocycles. The molecule has 2 aromatic heterocycles. The van der Waals surface area contributed by atoms with Crippen molar-refractivity contribution in [1.82, 2.24) is 14.5 Å². The van der Waals surface area contributed by atoms with Crippen LogP contribution in [0.4, 0.5) is 0 Å². The van der Waals surface area contributed by atoms with Crippen molar-refractivity contribution in [2.45, 2.75) is 30.7 Å². The summed E-state index contributed by atoms with van der Waals surface area (Å²) >= 11 is 3.16. The Labute approximate surface area is 188 Å². The van der Waals surface area contributed by atoms with Crippen LogP contribution in [0.3, 0.4) is 0 Å². The molecule has 0 amide bonds. The number of methoxy groups -OCH3 is 2. The fraction of sp³-hybridized carbons (Fsp3) is 0.261. The van der Waals surface area contributed by atoms with Crippen LogP contribution in [0, 0.1) is 0 Å². The second kappa shape index (κ2) is 9.11. The highest BCUT2D eigenvalue weighted by atomic mass is 32.2. The molecule has 8 heteroatoms. The van der Waals surface area contributed by atoms with Gasteiger partial charge in [-0.1, -0.05) is 37.7 Å². The van der Waals surface area contributed by atoms with Crippen molar-refractivity contribution in [2.24, 2.45) is 0 Å². The minimum atomic E-state index is -0.124. The molecule has 4 aromatic rings. The van der Waals surface area contributed by atoms with E-state index in [2.05, 4.69) is 19.2 Å². The van der Waals surface area contributed by atoms with Gasteiger partial charge in [0.2, 0.25) is 0 Å². The van der Waals surface area contributed by atoms with Crippen molar-refractivity contribution in [2.75, 3.05) is 14.2 Å². The van der Waals surface area contributed by atoms with Gasteiger partial charge in [-0.3, -0.25) is 9.36 Å². The molecule has 6 nitrogen and oxygen atoms in total. The fourth-order valence-corrected chi connectivity index (χ4v) is 5.04. The smallest absolute Gasteiger partial charge is 0.266 e. The number of hydrogen-bond donors (Lipinski definition) is 0. The van der Waals surface area contributed by atoms with E-state index < -0.39 is 0 Å². The van der Waals surface area contributed by atoms with Gasteiger partial charge in [0.05, 0.1) is 41.5 Å². The van der Waals surface area contributed by atoms with Gasteiger partial charge >= 0.3 is 0 Å². The number of hydrogen-bond acceptors (Lipinski definition) is 7. The van der Waals surface area contributed by atoms with E-state index in [1.807, 2.05) is 24.3 Å². The first-order valence-electron chi connectivity index (χ1n) is 9.83. The van der Waals surface area contributed by atoms with E-state index in [0.29, 0.717) is 44.9 Å². The van der Waals surface area contributed by atoms with E-state index in [0.717, 1.165) is 10.7 Å². The first-order valence-corrected chi connectivity index (χ1v) is 11.7. The number of thioether (sulfide) groups is 1. The predicted octanol–water partition coefficient (Wildman–Crippen LogP) is 5.28. The van der Waals surface area contributed by atoms with E-state index in [4.69, 9.17) is 19.4 Å². The summed E-state index contributed by atoms with van der Waals surface area (Å²) in [4.78, 5) is 22.9.